The molecule has 0 aliphatic carbocycles. The molecule has 4 aromatic carbocycles. The number of nitrogens with zero attached hydrogens (tertiary/aromatic N) is 1. The second-order valence-electron chi connectivity index (χ2n) is 9.10. The van der Waals surface area contributed by atoms with E-state index in [1.807, 2.05) is 55.6 Å². The van der Waals surface area contributed by atoms with Crippen molar-refractivity contribution in [2.75, 3.05) is 32.6 Å². The van der Waals surface area contributed by atoms with Crippen LogP contribution < -0.4 is 20.2 Å². The van der Waals surface area contributed by atoms with E-state index in [0.29, 0.717) is 39.7 Å². The number of anilines is 1. The van der Waals surface area contributed by atoms with Crippen molar-refractivity contribution in [3.05, 3.63) is 112 Å². The van der Waals surface area contributed by atoms with Crippen LogP contribution in [0.3, 0.4) is 0 Å². The van der Waals surface area contributed by atoms with Crippen molar-refractivity contribution in [3.8, 4) is 11.5 Å². The third-order valence-corrected chi connectivity index (χ3v) is 6.47. The molecule has 0 fully saturated rings. The lowest BCUT2D eigenvalue weighted by Crippen LogP contribution is -2.24. The van der Waals surface area contributed by atoms with Gasteiger partial charge in [-0.3, -0.25) is 14.5 Å². The zero-order valence-electron chi connectivity index (χ0n) is 21.4. The minimum Gasteiger partial charge on any atom is -0.496 e. The van der Waals surface area contributed by atoms with Gasteiger partial charge in [-0.2, -0.15) is 0 Å². The summed E-state index contributed by atoms with van der Waals surface area (Å²) in [4.78, 5) is 31.5. The molecule has 5 rings (SSSR count). The van der Waals surface area contributed by atoms with Gasteiger partial charge in [0.25, 0.3) is 5.91 Å². The number of fused-ring (bicyclic) bond motifs is 2. The van der Waals surface area contributed by atoms with Crippen LogP contribution in [0, 0.1) is 0 Å². The number of amides is 1. The second kappa shape index (κ2) is 11.2. The summed E-state index contributed by atoms with van der Waals surface area (Å²) in [6.45, 7) is 2.02. The summed E-state index contributed by atoms with van der Waals surface area (Å²) < 4.78 is 11.3. The van der Waals surface area contributed by atoms with Gasteiger partial charge in [0.05, 0.1) is 18.2 Å². The van der Waals surface area contributed by atoms with Crippen molar-refractivity contribution in [2.24, 2.45) is 0 Å². The molecule has 0 radical (unpaired) electrons. The Kier molecular flexibility index (Phi) is 7.38. The standard InChI is InChI=1S/C31H29N3O4/c1-34(20-21-8-3-6-13-28(21)37-2)18-19-38-23-16-14-22(15-17-23)32-31(36)26-11-7-10-25-29(26)33-27-12-5-4-9-24(27)30(25)35/h3-17H,18-20H2,1-2H3,(H,32,36)(H,33,35). The van der Waals surface area contributed by atoms with Crippen molar-refractivity contribution in [1.82, 2.24) is 9.88 Å². The van der Waals surface area contributed by atoms with E-state index in [4.69, 9.17) is 9.47 Å². The number of carbonyl (C=O) groups excluding carboxylic acids is 1. The molecule has 0 atom stereocenters. The lowest BCUT2D eigenvalue weighted by atomic mass is 10.1. The minimum atomic E-state index is -0.298. The van der Waals surface area contributed by atoms with Gasteiger partial charge in [0, 0.05) is 40.6 Å². The van der Waals surface area contributed by atoms with Crippen LogP contribution in [0.4, 0.5) is 5.69 Å². The third-order valence-electron chi connectivity index (χ3n) is 6.47. The zero-order valence-corrected chi connectivity index (χ0v) is 21.4. The van der Waals surface area contributed by atoms with E-state index in [9.17, 15) is 9.59 Å². The van der Waals surface area contributed by atoms with Crippen LogP contribution in [0.5, 0.6) is 11.5 Å². The predicted molar refractivity (Wildman–Crippen MR) is 151 cm³/mol. The van der Waals surface area contributed by atoms with E-state index in [2.05, 4.69) is 21.3 Å². The monoisotopic (exact) mass is 507 g/mol. The van der Waals surface area contributed by atoms with Gasteiger partial charge in [0.2, 0.25) is 0 Å². The van der Waals surface area contributed by atoms with E-state index in [-0.39, 0.29) is 11.3 Å². The van der Waals surface area contributed by atoms with Crippen LogP contribution in [0.15, 0.2) is 95.8 Å². The number of hydrogen-bond acceptors (Lipinski definition) is 5. The third kappa shape index (κ3) is 5.38. The first-order valence-electron chi connectivity index (χ1n) is 12.4. The lowest BCUT2D eigenvalue weighted by molar-refractivity contribution is 0.102. The van der Waals surface area contributed by atoms with Crippen molar-refractivity contribution in [2.45, 2.75) is 6.54 Å². The smallest absolute Gasteiger partial charge is 0.257 e. The average molecular weight is 508 g/mol. The molecule has 1 amide bonds. The quantitative estimate of drug-likeness (QED) is 0.259. The number of nitrogens with one attached hydrogen (secondary N) is 2. The molecule has 0 saturated carbocycles. The van der Waals surface area contributed by atoms with Crippen LogP contribution in [-0.2, 0) is 6.54 Å². The van der Waals surface area contributed by atoms with Gasteiger partial charge in [-0.25, -0.2) is 0 Å². The summed E-state index contributed by atoms with van der Waals surface area (Å²) in [7, 11) is 3.72. The summed E-state index contributed by atoms with van der Waals surface area (Å²) >= 11 is 0. The van der Waals surface area contributed by atoms with Gasteiger partial charge in [0.15, 0.2) is 5.43 Å². The molecule has 0 aliphatic rings. The Bertz CT molecular complexity index is 1640. The molecule has 5 aromatic rings. The number of H-pyrrole nitrogens is 1. The van der Waals surface area contributed by atoms with Crippen LogP contribution in [0.1, 0.15) is 15.9 Å². The fourth-order valence-electron chi connectivity index (χ4n) is 4.49. The number of para-hydroxylation sites is 3. The Hall–Kier alpha value is -4.62. The fraction of sp³-hybridized carbons (Fsp3) is 0.161. The first-order chi connectivity index (χ1) is 18.5. The zero-order chi connectivity index (χ0) is 26.5. The number of methoxy groups -OCH3 is 1. The van der Waals surface area contributed by atoms with Crippen LogP contribution in [0.25, 0.3) is 21.8 Å². The van der Waals surface area contributed by atoms with Crippen LogP contribution in [-0.4, -0.2) is 43.1 Å². The number of hydrogen-bond donors (Lipinski definition) is 2. The molecule has 192 valence electrons. The molecule has 0 saturated heterocycles. The summed E-state index contributed by atoms with van der Waals surface area (Å²) in [5.74, 6) is 1.30. The van der Waals surface area contributed by atoms with Crippen molar-refractivity contribution in [1.29, 1.82) is 0 Å². The van der Waals surface area contributed by atoms with Crippen LogP contribution in [0.2, 0.25) is 0 Å². The second-order valence-corrected chi connectivity index (χ2v) is 9.10. The highest BCUT2D eigenvalue weighted by Gasteiger charge is 2.14. The maximum absolute atomic E-state index is 13.1. The van der Waals surface area contributed by atoms with E-state index in [0.717, 1.165) is 30.2 Å². The summed E-state index contributed by atoms with van der Waals surface area (Å²) in [6.07, 6.45) is 0. The molecular weight excluding hydrogens is 478 g/mol. The summed E-state index contributed by atoms with van der Waals surface area (Å²) in [5, 5.41) is 4.00. The summed E-state index contributed by atoms with van der Waals surface area (Å²) in [5.41, 5.74) is 3.28. The summed E-state index contributed by atoms with van der Waals surface area (Å²) in [6, 6.07) is 27.7. The predicted octanol–water partition coefficient (Wildman–Crippen LogP) is 5.45. The molecule has 1 aromatic heterocycles. The number of benzene rings is 4. The van der Waals surface area contributed by atoms with Gasteiger partial charge < -0.3 is 19.8 Å². The average Bonchev–Trinajstić information content (AvgIpc) is 2.94. The maximum Gasteiger partial charge on any atom is 0.257 e. The molecule has 0 aliphatic heterocycles. The normalized spacial score (nSPS) is 11.1. The molecule has 7 heteroatoms. The highest BCUT2D eigenvalue weighted by molar-refractivity contribution is 6.13. The largest absolute Gasteiger partial charge is 0.496 e. The number of pyridine rings is 1. The number of likely N-dealkylation sites (N-methyl/N-ethyl adjacent to an activating group) is 1. The van der Waals surface area contributed by atoms with Gasteiger partial charge >= 0.3 is 0 Å². The molecule has 38 heavy (non-hydrogen) atoms. The number of carbonyl (C=O) groups is 1. The van der Waals surface area contributed by atoms with Crippen molar-refractivity contribution < 1.29 is 14.3 Å². The van der Waals surface area contributed by atoms with E-state index >= 15 is 0 Å². The topological polar surface area (TPSA) is 83.7 Å². The van der Waals surface area contributed by atoms with Crippen LogP contribution >= 0.6 is 0 Å². The molecule has 2 N–H and O–H groups in total. The first-order valence-corrected chi connectivity index (χ1v) is 12.4. The fourth-order valence-corrected chi connectivity index (χ4v) is 4.49. The molecular formula is C31H29N3O4. The molecule has 0 unspecified atom stereocenters. The van der Waals surface area contributed by atoms with Gasteiger partial charge in [-0.05, 0) is 61.6 Å². The molecule has 0 spiro atoms. The number of aromatic amines is 1. The molecule has 1 heterocycles. The molecule has 7 nitrogen and oxygen atoms in total. The Morgan fingerprint density at radius 3 is 2.45 bits per heavy atom. The van der Waals surface area contributed by atoms with Gasteiger partial charge in [-0.1, -0.05) is 36.4 Å². The Morgan fingerprint density at radius 1 is 0.895 bits per heavy atom. The van der Waals surface area contributed by atoms with Crippen molar-refractivity contribution >= 4 is 33.4 Å². The maximum atomic E-state index is 13.1. The number of ether oxygens (including phenoxy) is 2. The first kappa shape index (κ1) is 25.0. The van der Waals surface area contributed by atoms with E-state index in [1.165, 1.54) is 0 Å². The van der Waals surface area contributed by atoms with E-state index in [1.54, 1.807) is 43.5 Å². The Balaban J connectivity index is 1.21. The number of rotatable bonds is 9. The highest BCUT2D eigenvalue weighted by atomic mass is 16.5. The van der Waals surface area contributed by atoms with Gasteiger partial charge in [-0.15, -0.1) is 0 Å². The molecule has 0 bridgehead atoms. The SMILES string of the molecule is COc1ccccc1CN(C)CCOc1ccc(NC(=O)c2cccc3c(=O)c4ccccc4[nH]c23)cc1. The van der Waals surface area contributed by atoms with E-state index < -0.39 is 0 Å². The Morgan fingerprint density at radius 2 is 1.63 bits per heavy atom. The lowest BCUT2D eigenvalue weighted by Gasteiger charge is -2.18. The van der Waals surface area contributed by atoms with Crippen molar-refractivity contribution in [3.63, 3.8) is 0 Å². The Labute approximate surface area is 220 Å². The number of aromatic nitrogens is 1. The highest BCUT2D eigenvalue weighted by Crippen LogP contribution is 2.22. The van der Waals surface area contributed by atoms with Gasteiger partial charge in [0.1, 0.15) is 18.1 Å². The minimum absolute atomic E-state index is 0.0981.